The second-order valence-electron chi connectivity index (χ2n) is 9.00. The van der Waals surface area contributed by atoms with Gasteiger partial charge in [0, 0.05) is 41.7 Å². The number of nitrogens with zero attached hydrogens (tertiary/aromatic N) is 2. The summed E-state index contributed by atoms with van der Waals surface area (Å²) in [5.74, 6) is 1.42. The van der Waals surface area contributed by atoms with Crippen LogP contribution in [0.4, 0.5) is 0 Å². The van der Waals surface area contributed by atoms with Crippen LogP contribution in [0.3, 0.4) is 0 Å². The maximum Gasteiger partial charge on any atom is 0.270 e. The number of aryl methyl sites for hydroxylation is 1. The molecule has 2 aromatic heterocycles. The highest BCUT2D eigenvalue weighted by molar-refractivity contribution is 7.13. The van der Waals surface area contributed by atoms with E-state index in [-0.39, 0.29) is 11.4 Å². The van der Waals surface area contributed by atoms with E-state index in [1.54, 1.807) is 18.4 Å². The molecule has 1 amide bonds. The van der Waals surface area contributed by atoms with Crippen LogP contribution < -0.4 is 15.2 Å². The van der Waals surface area contributed by atoms with Crippen molar-refractivity contribution in [3.8, 4) is 33.2 Å². The van der Waals surface area contributed by atoms with Gasteiger partial charge in [0.15, 0.2) is 11.5 Å². The van der Waals surface area contributed by atoms with Crippen LogP contribution in [-0.2, 0) is 13.0 Å². The highest BCUT2D eigenvalue weighted by atomic mass is 32.1. The minimum absolute atomic E-state index is 0.0440. The second kappa shape index (κ2) is 9.23. The number of aromatic nitrogens is 1. The van der Waals surface area contributed by atoms with Gasteiger partial charge < -0.3 is 24.7 Å². The number of ether oxygens (including phenoxy) is 2. The maximum absolute atomic E-state index is 13.7. The smallest absolute Gasteiger partial charge is 0.270 e. The highest BCUT2D eigenvalue weighted by Crippen LogP contribution is 2.45. The van der Waals surface area contributed by atoms with Crippen LogP contribution >= 0.6 is 11.3 Å². The van der Waals surface area contributed by atoms with E-state index in [0.717, 1.165) is 46.8 Å². The fourth-order valence-corrected chi connectivity index (χ4v) is 5.00. The summed E-state index contributed by atoms with van der Waals surface area (Å²) in [7, 11) is 3.55. The molecule has 4 rings (SSSR count). The van der Waals surface area contributed by atoms with Gasteiger partial charge in [0.05, 0.1) is 12.8 Å². The molecule has 0 saturated heterocycles. The molecule has 176 valence electrons. The zero-order valence-electron chi connectivity index (χ0n) is 20.1. The molecular weight excluding hydrogens is 434 g/mol. The first-order chi connectivity index (χ1) is 15.8. The summed E-state index contributed by atoms with van der Waals surface area (Å²) in [5.41, 5.74) is 10.6. The van der Waals surface area contributed by atoms with E-state index >= 15 is 0 Å². The van der Waals surface area contributed by atoms with E-state index in [2.05, 4.69) is 48.9 Å². The van der Waals surface area contributed by atoms with E-state index in [4.69, 9.17) is 15.2 Å². The molecule has 33 heavy (non-hydrogen) atoms. The van der Waals surface area contributed by atoms with E-state index in [1.807, 2.05) is 24.1 Å². The Morgan fingerprint density at radius 3 is 2.67 bits per heavy atom. The van der Waals surface area contributed by atoms with Gasteiger partial charge in [-0.05, 0) is 61.9 Å². The van der Waals surface area contributed by atoms with Gasteiger partial charge in [-0.3, -0.25) is 4.79 Å². The average molecular weight is 468 g/mol. The lowest BCUT2D eigenvalue weighted by molar-refractivity contribution is 0.0609. The molecule has 1 aliphatic heterocycles. The molecule has 1 aromatic carbocycles. The summed E-state index contributed by atoms with van der Waals surface area (Å²) in [6, 6.07) is 10.3. The third-order valence-corrected chi connectivity index (χ3v) is 7.71. The summed E-state index contributed by atoms with van der Waals surface area (Å²) in [6.45, 7) is 7.90. The number of hydrogen-bond acceptors (Lipinski definition) is 5. The van der Waals surface area contributed by atoms with Gasteiger partial charge in [-0.15, -0.1) is 11.3 Å². The number of carbonyl (C=O) groups is 1. The number of carbonyl (C=O) groups excluding carboxylic acids is 1. The number of fused-ring (bicyclic) bond motifs is 3. The van der Waals surface area contributed by atoms with Crippen LogP contribution in [0.2, 0.25) is 0 Å². The first kappa shape index (κ1) is 23.4. The Morgan fingerprint density at radius 1 is 1.24 bits per heavy atom. The van der Waals surface area contributed by atoms with E-state index in [9.17, 15) is 4.79 Å². The molecule has 0 fully saturated rings. The minimum Gasteiger partial charge on any atom is -0.493 e. The van der Waals surface area contributed by atoms with Gasteiger partial charge >= 0.3 is 0 Å². The monoisotopic (exact) mass is 467 g/mol. The van der Waals surface area contributed by atoms with Gasteiger partial charge in [0.2, 0.25) is 0 Å². The van der Waals surface area contributed by atoms with Crippen LogP contribution in [0.25, 0.3) is 21.7 Å². The molecule has 7 heteroatoms. The molecule has 1 aliphatic rings. The zero-order chi connectivity index (χ0) is 23.8. The zero-order valence-corrected chi connectivity index (χ0v) is 20.9. The van der Waals surface area contributed by atoms with Crippen LogP contribution in [0.15, 0.2) is 35.7 Å². The molecule has 0 radical (unpaired) electrons. The normalized spacial score (nSPS) is 12.8. The van der Waals surface area contributed by atoms with Crippen LogP contribution in [0.5, 0.6) is 11.5 Å². The van der Waals surface area contributed by atoms with Crippen molar-refractivity contribution in [2.45, 2.75) is 45.7 Å². The summed E-state index contributed by atoms with van der Waals surface area (Å²) in [4.78, 5) is 16.7. The fourth-order valence-electron chi connectivity index (χ4n) is 4.26. The molecule has 0 unspecified atom stereocenters. The van der Waals surface area contributed by atoms with Crippen molar-refractivity contribution in [3.05, 3.63) is 47.0 Å². The first-order valence-corrected chi connectivity index (χ1v) is 12.3. The Balaban J connectivity index is 1.90. The highest BCUT2D eigenvalue weighted by Gasteiger charge is 2.33. The largest absolute Gasteiger partial charge is 0.493 e. The van der Waals surface area contributed by atoms with Crippen molar-refractivity contribution < 1.29 is 14.3 Å². The molecule has 0 aliphatic carbocycles. The average Bonchev–Trinajstić information content (AvgIpc) is 3.49. The molecule has 6 nitrogen and oxygen atoms in total. The lowest BCUT2D eigenvalue weighted by Gasteiger charge is -2.35. The molecule has 0 saturated carbocycles. The van der Waals surface area contributed by atoms with Crippen molar-refractivity contribution in [2.75, 3.05) is 27.3 Å². The van der Waals surface area contributed by atoms with Crippen LogP contribution in [0, 0.1) is 0 Å². The fraction of sp³-hybridized carbons (Fsp3) is 0.423. The van der Waals surface area contributed by atoms with Crippen molar-refractivity contribution in [1.29, 1.82) is 0 Å². The lowest BCUT2D eigenvalue weighted by atomic mass is 9.95. The molecule has 0 spiro atoms. The summed E-state index contributed by atoms with van der Waals surface area (Å²) in [5, 5.41) is 2.07. The SMILES string of the molecule is CCC(C)(C)N(C)C(=O)c1cc(-c2cccs2)c2n1CCc1cc(OC)c(OCCN)cc1-2. The number of thiophene rings is 1. The summed E-state index contributed by atoms with van der Waals surface area (Å²) in [6.07, 6.45) is 1.70. The lowest BCUT2D eigenvalue weighted by Crippen LogP contribution is -2.45. The minimum atomic E-state index is -0.228. The Bertz CT molecular complexity index is 1150. The van der Waals surface area contributed by atoms with Crippen molar-refractivity contribution >= 4 is 17.2 Å². The first-order valence-electron chi connectivity index (χ1n) is 11.4. The Kier molecular flexibility index (Phi) is 6.54. The van der Waals surface area contributed by atoms with Gasteiger partial charge in [0.25, 0.3) is 5.91 Å². The van der Waals surface area contributed by atoms with Crippen molar-refractivity contribution in [2.24, 2.45) is 5.73 Å². The van der Waals surface area contributed by atoms with Crippen molar-refractivity contribution in [3.63, 3.8) is 0 Å². The number of hydrogen-bond donors (Lipinski definition) is 1. The van der Waals surface area contributed by atoms with E-state index in [0.29, 0.717) is 24.7 Å². The third kappa shape index (κ3) is 4.15. The summed E-state index contributed by atoms with van der Waals surface area (Å²) >= 11 is 1.68. The number of rotatable bonds is 8. The predicted molar refractivity (Wildman–Crippen MR) is 134 cm³/mol. The summed E-state index contributed by atoms with van der Waals surface area (Å²) < 4.78 is 13.7. The number of benzene rings is 1. The number of methoxy groups -OCH3 is 1. The molecule has 3 heterocycles. The Morgan fingerprint density at radius 2 is 2.03 bits per heavy atom. The molecule has 2 N–H and O–H groups in total. The van der Waals surface area contributed by atoms with Crippen molar-refractivity contribution in [1.82, 2.24) is 9.47 Å². The van der Waals surface area contributed by atoms with Gasteiger partial charge in [-0.1, -0.05) is 13.0 Å². The maximum atomic E-state index is 13.7. The Hall–Kier alpha value is -2.77. The van der Waals surface area contributed by atoms with Gasteiger partial charge in [0.1, 0.15) is 12.3 Å². The van der Waals surface area contributed by atoms with Gasteiger partial charge in [-0.25, -0.2) is 0 Å². The van der Waals surface area contributed by atoms with E-state index in [1.165, 1.54) is 5.56 Å². The van der Waals surface area contributed by atoms with E-state index < -0.39 is 0 Å². The quantitative estimate of drug-likeness (QED) is 0.504. The third-order valence-electron chi connectivity index (χ3n) is 6.81. The Labute approximate surface area is 199 Å². The number of nitrogens with two attached hydrogens (primary N) is 1. The molecule has 0 atom stereocenters. The van der Waals surface area contributed by atoms with Crippen LogP contribution in [0.1, 0.15) is 43.2 Å². The second-order valence-corrected chi connectivity index (χ2v) is 9.95. The standard InChI is InChI=1S/C26H33N3O3S/c1-6-26(2,3)28(4)25(30)20-15-19(23-8-7-13-33-23)24-18-16-22(32-12-10-27)21(31-5)14-17(18)9-11-29(20)24/h7-8,13-16H,6,9-12,27H2,1-5H3. The molecular formula is C26H33N3O3S. The van der Waals surface area contributed by atoms with Gasteiger partial charge in [-0.2, -0.15) is 0 Å². The predicted octanol–water partition coefficient (Wildman–Crippen LogP) is 5.05. The molecule has 0 bridgehead atoms. The molecule has 3 aromatic rings. The van der Waals surface area contributed by atoms with Crippen LogP contribution in [-0.4, -0.2) is 48.2 Å². The topological polar surface area (TPSA) is 69.7 Å². The number of amides is 1.